The number of aromatic nitrogens is 4. The van der Waals surface area contributed by atoms with E-state index in [4.69, 9.17) is 0 Å². The van der Waals surface area contributed by atoms with Crippen LogP contribution in [0, 0.1) is 0 Å². The topological polar surface area (TPSA) is 90.4 Å². The summed E-state index contributed by atoms with van der Waals surface area (Å²) in [5.74, 6) is 0.0893. The van der Waals surface area contributed by atoms with Crippen LogP contribution in [0.15, 0.2) is 58.1 Å². The first-order chi connectivity index (χ1) is 15.9. The molecule has 1 aliphatic carbocycles. The van der Waals surface area contributed by atoms with Crippen LogP contribution in [-0.2, 0) is 6.54 Å². The van der Waals surface area contributed by atoms with E-state index in [-0.39, 0.29) is 41.6 Å². The van der Waals surface area contributed by atoms with Gasteiger partial charge in [-0.15, -0.1) is 5.10 Å². The third kappa shape index (κ3) is 3.75. The summed E-state index contributed by atoms with van der Waals surface area (Å²) in [5, 5.41) is 7.99. The zero-order valence-electron chi connectivity index (χ0n) is 18.8. The van der Waals surface area contributed by atoms with Crippen LogP contribution in [0.3, 0.4) is 0 Å². The van der Waals surface area contributed by atoms with Crippen LogP contribution in [0.5, 0.6) is 0 Å². The summed E-state index contributed by atoms with van der Waals surface area (Å²) in [7, 11) is 0. The lowest BCUT2D eigenvalue weighted by Gasteiger charge is -2.14. The minimum Gasteiger partial charge on any atom is -0.349 e. The fraction of sp³-hybridized carbons (Fsp3) is 0.360. The van der Waals surface area contributed by atoms with Gasteiger partial charge in [-0.05, 0) is 50.5 Å². The fourth-order valence-corrected chi connectivity index (χ4v) is 4.69. The lowest BCUT2D eigenvalue weighted by atomic mass is 10.1. The maximum Gasteiger partial charge on any atom is 0.352 e. The van der Waals surface area contributed by atoms with Crippen LogP contribution >= 0.6 is 0 Å². The van der Waals surface area contributed by atoms with E-state index in [0.29, 0.717) is 16.5 Å². The molecule has 4 aromatic rings. The van der Waals surface area contributed by atoms with E-state index in [0.717, 1.165) is 31.2 Å². The zero-order valence-corrected chi connectivity index (χ0v) is 18.8. The average molecular weight is 446 g/mol. The Morgan fingerprint density at radius 1 is 1.09 bits per heavy atom. The Bertz CT molecular complexity index is 1460. The highest BCUT2D eigenvalue weighted by atomic mass is 16.2. The minimum atomic E-state index is -0.346. The molecule has 0 atom stereocenters. The minimum absolute atomic E-state index is 0.179. The van der Waals surface area contributed by atoms with Crippen molar-refractivity contribution < 1.29 is 4.79 Å². The lowest BCUT2D eigenvalue weighted by molar-refractivity contribution is 0.0938. The van der Waals surface area contributed by atoms with E-state index in [9.17, 15) is 14.4 Å². The summed E-state index contributed by atoms with van der Waals surface area (Å²) in [6.07, 6.45) is 4.20. The molecule has 170 valence electrons. The third-order valence-electron chi connectivity index (χ3n) is 6.37. The molecule has 1 amide bonds. The van der Waals surface area contributed by atoms with Crippen LogP contribution < -0.4 is 16.6 Å². The molecule has 1 N–H and O–H groups in total. The molecule has 0 unspecified atom stereocenters. The molecule has 0 spiro atoms. The summed E-state index contributed by atoms with van der Waals surface area (Å²) in [6.45, 7) is 4.06. The Hall–Kier alpha value is -3.68. The Morgan fingerprint density at radius 2 is 1.82 bits per heavy atom. The van der Waals surface area contributed by atoms with Crippen molar-refractivity contribution in [1.82, 2.24) is 24.1 Å². The van der Waals surface area contributed by atoms with Crippen molar-refractivity contribution in [1.29, 1.82) is 0 Å². The number of rotatable bonds is 5. The Balaban J connectivity index is 1.69. The SMILES string of the molecule is CC(C)n1c(=O)c2ccc(C(=O)NC3CCCC3)cc2n2c(=O)n(Cc3ccccc3)nc12. The third-order valence-corrected chi connectivity index (χ3v) is 6.37. The highest BCUT2D eigenvalue weighted by Crippen LogP contribution is 2.20. The number of benzene rings is 2. The van der Waals surface area contributed by atoms with E-state index in [2.05, 4.69) is 10.4 Å². The highest BCUT2D eigenvalue weighted by Gasteiger charge is 2.22. The monoisotopic (exact) mass is 445 g/mol. The van der Waals surface area contributed by atoms with Crippen LogP contribution in [0.25, 0.3) is 16.7 Å². The quantitative estimate of drug-likeness (QED) is 0.511. The molecule has 2 aromatic carbocycles. The molecule has 1 aliphatic rings. The predicted octanol–water partition coefficient (Wildman–Crippen LogP) is 3.11. The van der Waals surface area contributed by atoms with E-state index in [1.165, 1.54) is 13.6 Å². The van der Waals surface area contributed by atoms with Gasteiger partial charge in [0.15, 0.2) is 0 Å². The molecule has 8 heteroatoms. The van der Waals surface area contributed by atoms with E-state index in [1.54, 1.807) is 18.2 Å². The normalized spacial score (nSPS) is 14.5. The van der Waals surface area contributed by atoms with Crippen molar-refractivity contribution in [2.24, 2.45) is 0 Å². The van der Waals surface area contributed by atoms with Gasteiger partial charge in [0.25, 0.3) is 11.5 Å². The van der Waals surface area contributed by atoms with Crippen molar-refractivity contribution in [2.75, 3.05) is 0 Å². The maximum atomic E-state index is 13.4. The van der Waals surface area contributed by atoms with E-state index < -0.39 is 0 Å². The van der Waals surface area contributed by atoms with Crippen molar-refractivity contribution in [3.05, 3.63) is 80.5 Å². The van der Waals surface area contributed by atoms with Gasteiger partial charge in [0.2, 0.25) is 5.78 Å². The van der Waals surface area contributed by atoms with Gasteiger partial charge in [-0.3, -0.25) is 14.2 Å². The van der Waals surface area contributed by atoms with Gasteiger partial charge in [-0.25, -0.2) is 13.9 Å². The van der Waals surface area contributed by atoms with Gasteiger partial charge in [-0.1, -0.05) is 43.2 Å². The molecular weight excluding hydrogens is 418 g/mol. The molecule has 0 saturated heterocycles. The summed E-state index contributed by atoms with van der Waals surface area (Å²) in [6, 6.07) is 14.5. The maximum absolute atomic E-state index is 13.4. The number of carbonyl (C=O) groups is 1. The Morgan fingerprint density at radius 3 is 2.52 bits per heavy atom. The second-order valence-electron chi connectivity index (χ2n) is 9.02. The summed E-state index contributed by atoms with van der Waals surface area (Å²) >= 11 is 0. The number of fused-ring (bicyclic) bond motifs is 3. The van der Waals surface area contributed by atoms with Crippen molar-refractivity contribution in [3.63, 3.8) is 0 Å². The van der Waals surface area contributed by atoms with Gasteiger partial charge in [0, 0.05) is 17.6 Å². The van der Waals surface area contributed by atoms with Crippen molar-refractivity contribution in [3.8, 4) is 0 Å². The number of hydrogen-bond donors (Lipinski definition) is 1. The molecule has 1 fully saturated rings. The highest BCUT2D eigenvalue weighted by molar-refractivity contribution is 5.98. The van der Waals surface area contributed by atoms with Gasteiger partial charge < -0.3 is 5.32 Å². The number of nitrogens with zero attached hydrogens (tertiary/aromatic N) is 4. The molecule has 5 rings (SSSR count). The molecule has 1 saturated carbocycles. The molecule has 33 heavy (non-hydrogen) atoms. The lowest BCUT2D eigenvalue weighted by Crippen LogP contribution is -2.33. The summed E-state index contributed by atoms with van der Waals surface area (Å²) in [5.41, 5.74) is 1.19. The Kier molecular flexibility index (Phi) is 5.36. The molecule has 0 bridgehead atoms. The first-order valence-electron chi connectivity index (χ1n) is 11.5. The first-order valence-corrected chi connectivity index (χ1v) is 11.5. The van der Waals surface area contributed by atoms with Crippen molar-refractivity contribution >= 4 is 22.6 Å². The van der Waals surface area contributed by atoms with E-state index in [1.807, 2.05) is 44.2 Å². The van der Waals surface area contributed by atoms with Crippen LogP contribution in [-0.4, -0.2) is 30.7 Å². The second-order valence-corrected chi connectivity index (χ2v) is 9.02. The van der Waals surface area contributed by atoms with Crippen LogP contribution in [0.4, 0.5) is 0 Å². The number of nitrogens with one attached hydrogen (secondary N) is 1. The predicted molar refractivity (Wildman–Crippen MR) is 127 cm³/mol. The Labute approximate surface area is 190 Å². The standard InChI is InChI=1S/C25H27N5O3/c1-16(2)29-23(32)20-13-12-18(22(31)26-19-10-6-7-11-19)14-21(20)30-24(29)27-28(25(30)33)15-17-8-4-3-5-9-17/h3-5,8-9,12-14,16,19H,6-7,10-11,15H2,1-2H3,(H,26,31). The van der Waals surface area contributed by atoms with Crippen LogP contribution in [0.1, 0.15) is 61.5 Å². The number of hydrogen-bond acceptors (Lipinski definition) is 4. The van der Waals surface area contributed by atoms with Gasteiger partial charge in [0.05, 0.1) is 17.4 Å². The molecule has 2 heterocycles. The number of amides is 1. The zero-order chi connectivity index (χ0) is 23.1. The average Bonchev–Trinajstić information content (AvgIpc) is 3.42. The molecular formula is C25H27N5O3. The largest absolute Gasteiger partial charge is 0.352 e. The summed E-state index contributed by atoms with van der Waals surface area (Å²) in [4.78, 5) is 39.6. The number of carbonyl (C=O) groups excluding carboxylic acids is 1. The summed E-state index contributed by atoms with van der Waals surface area (Å²) < 4.78 is 4.35. The van der Waals surface area contributed by atoms with Crippen molar-refractivity contribution in [2.45, 2.75) is 58.2 Å². The fourth-order valence-electron chi connectivity index (χ4n) is 4.69. The smallest absolute Gasteiger partial charge is 0.349 e. The molecule has 0 aliphatic heterocycles. The molecule has 0 radical (unpaired) electrons. The van der Waals surface area contributed by atoms with Gasteiger partial charge in [-0.2, -0.15) is 0 Å². The van der Waals surface area contributed by atoms with Gasteiger partial charge >= 0.3 is 5.69 Å². The molecule has 2 aromatic heterocycles. The van der Waals surface area contributed by atoms with Gasteiger partial charge in [0.1, 0.15) is 0 Å². The second kappa shape index (κ2) is 8.35. The van der Waals surface area contributed by atoms with E-state index >= 15 is 0 Å². The van der Waals surface area contributed by atoms with Crippen LogP contribution in [0.2, 0.25) is 0 Å². The molecule has 8 nitrogen and oxygen atoms in total. The first kappa shape index (κ1) is 21.2.